The summed E-state index contributed by atoms with van der Waals surface area (Å²) in [5, 5.41) is 7.38. The van der Waals surface area contributed by atoms with Gasteiger partial charge in [-0.05, 0) is 38.0 Å². The first-order valence-corrected chi connectivity index (χ1v) is 11.8. The lowest BCUT2D eigenvalue weighted by Crippen LogP contribution is -2.45. The molecule has 1 unspecified atom stereocenters. The molecule has 0 amide bonds. The van der Waals surface area contributed by atoms with Crippen molar-refractivity contribution < 1.29 is 13.2 Å². The molecule has 164 valence electrons. The molecule has 1 aliphatic heterocycles. The van der Waals surface area contributed by atoms with Crippen LogP contribution in [0.3, 0.4) is 0 Å². The summed E-state index contributed by atoms with van der Waals surface area (Å²) in [6.45, 7) is 4.48. The third-order valence-corrected chi connectivity index (χ3v) is 7.11. The molecule has 1 fully saturated rings. The van der Waals surface area contributed by atoms with Gasteiger partial charge in [0.1, 0.15) is 5.75 Å². The van der Waals surface area contributed by atoms with Gasteiger partial charge in [-0.3, -0.25) is 4.99 Å². The fourth-order valence-corrected chi connectivity index (χ4v) is 4.28. The van der Waals surface area contributed by atoms with E-state index in [9.17, 15) is 8.42 Å². The first kappa shape index (κ1) is 23.6. The first-order chi connectivity index (χ1) is 13.8. The largest absolute Gasteiger partial charge is 0.495 e. The second-order valence-corrected chi connectivity index (χ2v) is 9.77. The van der Waals surface area contributed by atoms with Crippen molar-refractivity contribution in [1.82, 2.24) is 14.9 Å². The highest BCUT2D eigenvalue weighted by atomic mass is 35.5. The Morgan fingerprint density at radius 1 is 1.45 bits per heavy atom. The summed E-state index contributed by atoms with van der Waals surface area (Å²) >= 11 is 6.16. The van der Waals surface area contributed by atoms with Crippen LogP contribution in [0.5, 0.6) is 5.75 Å². The Morgan fingerprint density at radius 3 is 2.86 bits per heavy atom. The topological polar surface area (TPSA) is 86.3 Å². The van der Waals surface area contributed by atoms with E-state index in [-0.39, 0.29) is 11.8 Å². The molecule has 2 rings (SSSR count). The normalized spacial score (nSPS) is 17.7. The maximum Gasteiger partial charge on any atom is 0.213 e. The van der Waals surface area contributed by atoms with Crippen LogP contribution in [0.15, 0.2) is 23.2 Å². The Morgan fingerprint density at radius 2 is 2.21 bits per heavy atom. The molecule has 0 aliphatic carbocycles. The highest BCUT2D eigenvalue weighted by Crippen LogP contribution is 2.33. The zero-order valence-electron chi connectivity index (χ0n) is 17.6. The molecule has 29 heavy (non-hydrogen) atoms. The van der Waals surface area contributed by atoms with Crippen molar-refractivity contribution in [2.24, 2.45) is 4.99 Å². The van der Waals surface area contributed by atoms with Gasteiger partial charge in [0.15, 0.2) is 5.96 Å². The lowest BCUT2D eigenvalue weighted by atomic mass is 10.2. The molecule has 0 bridgehead atoms. The fraction of sp³-hybridized carbons (Fsp3) is 0.632. The predicted molar refractivity (Wildman–Crippen MR) is 120 cm³/mol. The van der Waals surface area contributed by atoms with Crippen LogP contribution in [-0.2, 0) is 10.0 Å². The molecular weight excluding hydrogens is 414 g/mol. The Hall–Kier alpha value is -1.71. The lowest BCUT2D eigenvalue weighted by Gasteiger charge is -2.22. The Balaban J connectivity index is 1.82. The summed E-state index contributed by atoms with van der Waals surface area (Å²) in [5.74, 6) is 1.65. The number of guanidine groups is 1. The van der Waals surface area contributed by atoms with Crippen LogP contribution in [0.1, 0.15) is 19.8 Å². The van der Waals surface area contributed by atoms with E-state index in [0.717, 1.165) is 36.9 Å². The monoisotopic (exact) mass is 445 g/mol. The number of hydrogen-bond acceptors (Lipinski definition) is 5. The predicted octanol–water partition coefficient (Wildman–Crippen LogP) is 1.76. The van der Waals surface area contributed by atoms with Crippen LogP contribution in [0, 0.1) is 0 Å². The third kappa shape index (κ3) is 6.65. The van der Waals surface area contributed by atoms with Crippen molar-refractivity contribution in [3.8, 4) is 5.75 Å². The second-order valence-electron chi connectivity index (χ2n) is 6.97. The summed E-state index contributed by atoms with van der Waals surface area (Å²) in [4.78, 5) is 6.53. The number of rotatable bonds is 9. The van der Waals surface area contributed by atoms with Crippen LogP contribution >= 0.6 is 11.6 Å². The van der Waals surface area contributed by atoms with Crippen molar-refractivity contribution in [2.45, 2.75) is 25.8 Å². The quantitative estimate of drug-likeness (QED) is 0.342. The van der Waals surface area contributed by atoms with E-state index >= 15 is 0 Å². The first-order valence-electron chi connectivity index (χ1n) is 9.80. The molecule has 1 saturated heterocycles. The number of ether oxygens (including phenoxy) is 1. The standard InChI is InChI=1S/C19H32ClN5O3S/c1-5-29(26,27)24(3)11-6-10-22-19(21-2)23-16-9-12-25(14-16)17-13-15(20)7-8-18(17)28-4/h7-8,13,16H,5-6,9-12,14H2,1-4H3,(H2,21,22,23). The number of aliphatic imine (C=N–C) groups is 1. The number of benzene rings is 1. The van der Waals surface area contributed by atoms with Crippen LogP contribution < -0.4 is 20.3 Å². The minimum Gasteiger partial charge on any atom is -0.495 e. The molecule has 0 radical (unpaired) electrons. The zero-order chi connectivity index (χ0) is 21.4. The van der Waals surface area contributed by atoms with E-state index in [1.807, 2.05) is 18.2 Å². The summed E-state index contributed by atoms with van der Waals surface area (Å²) in [6, 6.07) is 5.88. The molecular formula is C19H32ClN5O3S. The van der Waals surface area contributed by atoms with Gasteiger partial charge >= 0.3 is 0 Å². The van der Waals surface area contributed by atoms with E-state index < -0.39 is 10.0 Å². The average Bonchev–Trinajstić information content (AvgIpc) is 3.18. The summed E-state index contributed by atoms with van der Waals surface area (Å²) < 4.78 is 30.4. The second kappa shape index (κ2) is 10.9. The maximum absolute atomic E-state index is 11.8. The Bertz CT molecular complexity index is 803. The average molecular weight is 446 g/mol. The van der Waals surface area contributed by atoms with Crippen LogP contribution in [0.2, 0.25) is 5.02 Å². The summed E-state index contributed by atoms with van der Waals surface area (Å²) in [7, 11) is 1.88. The van der Waals surface area contributed by atoms with Crippen molar-refractivity contribution in [3.05, 3.63) is 23.2 Å². The van der Waals surface area contributed by atoms with Gasteiger partial charge in [-0.2, -0.15) is 0 Å². The molecule has 0 spiro atoms. The van der Waals surface area contributed by atoms with Crippen molar-refractivity contribution in [3.63, 3.8) is 0 Å². The lowest BCUT2D eigenvalue weighted by molar-refractivity contribution is 0.415. The number of nitrogens with zero attached hydrogens (tertiary/aromatic N) is 3. The third-order valence-electron chi connectivity index (χ3n) is 5.02. The molecule has 8 nitrogen and oxygen atoms in total. The number of anilines is 1. The number of hydrogen-bond donors (Lipinski definition) is 2. The molecule has 1 atom stereocenters. The molecule has 1 aliphatic rings. The van der Waals surface area contributed by atoms with Gasteiger partial charge < -0.3 is 20.3 Å². The van der Waals surface area contributed by atoms with Crippen LogP contribution in [0.4, 0.5) is 5.69 Å². The van der Waals surface area contributed by atoms with Crippen LogP contribution in [-0.4, -0.2) is 77.9 Å². The number of methoxy groups -OCH3 is 1. The number of sulfonamides is 1. The van der Waals surface area contributed by atoms with Gasteiger partial charge in [0, 0.05) is 51.3 Å². The fourth-order valence-electron chi connectivity index (χ4n) is 3.26. The minimum absolute atomic E-state index is 0.121. The Kier molecular flexibility index (Phi) is 8.85. The summed E-state index contributed by atoms with van der Waals surface area (Å²) in [6.07, 6.45) is 1.67. The smallest absolute Gasteiger partial charge is 0.213 e. The molecule has 0 aromatic heterocycles. The van der Waals surface area contributed by atoms with Crippen LogP contribution in [0.25, 0.3) is 0 Å². The van der Waals surface area contributed by atoms with Gasteiger partial charge in [0.25, 0.3) is 0 Å². The van der Waals surface area contributed by atoms with Crippen molar-refractivity contribution in [1.29, 1.82) is 0 Å². The molecule has 1 aromatic rings. The highest BCUT2D eigenvalue weighted by Gasteiger charge is 2.25. The van der Waals surface area contributed by atoms with Crippen molar-refractivity contribution in [2.75, 3.05) is 58.0 Å². The molecule has 0 saturated carbocycles. The SMILES string of the molecule is CCS(=O)(=O)N(C)CCCNC(=NC)NC1CCN(c2cc(Cl)ccc2OC)C1. The Labute approximate surface area is 179 Å². The van der Waals surface area contributed by atoms with Gasteiger partial charge in [0.05, 0.1) is 18.6 Å². The number of nitrogens with one attached hydrogen (secondary N) is 2. The molecule has 2 N–H and O–H groups in total. The molecule has 1 heterocycles. The maximum atomic E-state index is 11.8. The molecule has 10 heteroatoms. The van der Waals surface area contributed by atoms with Crippen molar-refractivity contribution >= 4 is 33.3 Å². The van der Waals surface area contributed by atoms with E-state index in [2.05, 4.69) is 20.5 Å². The minimum atomic E-state index is -3.13. The van der Waals surface area contributed by atoms with E-state index in [0.29, 0.717) is 24.5 Å². The zero-order valence-corrected chi connectivity index (χ0v) is 19.2. The number of halogens is 1. The van der Waals surface area contributed by atoms with Gasteiger partial charge in [0.2, 0.25) is 10.0 Å². The summed E-state index contributed by atoms with van der Waals surface area (Å²) in [5.41, 5.74) is 0.993. The van der Waals surface area contributed by atoms with E-state index in [4.69, 9.17) is 16.3 Å². The van der Waals surface area contributed by atoms with Gasteiger partial charge in [-0.25, -0.2) is 12.7 Å². The highest BCUT2D eigenvalue weighted by molar-refractivity contribution is 7.89. The van der Waals surface area contributed by atoms with E-state index in [1.165, 1.54) is 4.31 Å². The van der Waals surface area contributed by atoms with Gasteiger partial charge in [-0.1, -0.05) is 11.6 Å². The van der Waals surface area contributed by atoms with Gasteiger partial charge in [-0.15, -0.1) is 0 Å². The van der Waals surface area contributed by atoms with E-state index in [1.54, 1.807) is 28.1 Å². The molecule has 1 aromatic carbocycles.